The fourth-order valence-corrected chi connectivity index (χ4v) is 4.68. The van der Waals surface area contributed by atoms with Gasteiger partial charge in [-0.2, -0.15) is 0 Å². The van der Waals surface area contributed by atoms with Gasteiger partial charge in [0.25, 0.3) is 0 Å². The van der Waals surface area contributed by atoms with Crippen LogP contribution in [0.1, 0.15) is 24.5 Å². The molecular formula is C18H19NO2. The van der Waals surface area contributed by atoms with Crippen molar-refractivity contribution in [2.75, 3.05) is 4.90 Å². The normalized spacial score (nSPS) is 36.7. The molecule has 2 fully saturated rings. The molecule has 2 amide bonds. The monoisotopic (exact) mass is 281 g/mol. The Hall–Kier alpha value is -1.90. The lowest BCUT2D eigenvalue weighted by molar-refractivity contribution is -0.127. The van der Waals surface area contributed by atoms with Crippen LogP contribution in [0.15, 0.2) is 30.4 Å². The number of amides is 2. The number of fused-ring (bicyclic) bond motifs is 5. The molecular weight excluding hydrogens is 262 g/mol. The molecule has 108 valence electrons. The van der Waals surface area contributed by atoms with Gasteiger partial charge in [-0.1, -0.05) is 30.4 Å². The fourth-order valence-electron chi connectivity index (χ4n) is 4.68. The number of hydrogen-bond acceptors (Lipinski definition) is 2. The summed E-state index contributed by atoms with van der Waals surface area (Å²) in [7, 11) is 0. The number of rotatable bonds is 1. The summed E-state index contributed by atoms with van der Waals surface area (Å²) in [5.74, 6) is 0.284. The Morgan fingerprint density at radius 2 is 1.81 bits per heavy atom. The molecule has 1 aliphatic heterocycles. The zero-order chi connectivity index (χ0) is 14.9. The molecule has 1 aromatic rings. The van der Waals surface area contributed by atoms with Gasteiger partial charge in [0, 0.05) is 0 Å². The fraction of sp³-hybridized carbons (Fsp3) is 0.444. The first-order chi connectivity index (χ1) is 9.96. The van der Waals surface area contributed by atoms with Gasteiger partial charge in [0.2, 0.25) is 11.8 Å². The van der Waals surface area contributed by atoms with Crippen molar-refractivity contribution < 1.29 is 9.59 Å². The van der Waals surface area contributed by atoms with Gasteiger partial charge in [-0.05, 0) is 50.2 Å². The zero-order valence-corrected chi connectivity index (χ0v) is 12.6. The van der Waals surface area contributed by atoms with E-state index in [2.05, 4.69) is 12.2 Å². The van der Waals surface area contributed by atoms with Crippen LogP contribution in [0.25, 0.3) is 0 Å². The Morgan fingerprint density at radius 3 is 2.43 bits per heavy atom. The first-order valence-corrected chi connectivity index (χ1v) is 7.59. The molecule has 1 saturated heterocycles. The second-order valence-electron chi connectivity index (χ2n) is 6.87. The maximum absolute atomic E-state index is 13.1. The first kappa shape index (κ1) is 12.8. The molecule has 4 rings (SSSR count). The van der Waals surface area contributed by atoms with Gasteiger partial charge in [0.15, 0.2) is 0 Å². The van der Waals surface area contributed by atoms with Crippen molar-refractivity contribution in [3.8, 4) is 0 Å². The van der Waals surface area contributed by atoms with Crippen LogP contribution >= 0.6 is 0 Å². The molecule has 3 aliphatic rings. The zero-order valence-electron chi connectivity index (χ0n) is 12.6. The lowest BCUT2D eigenvalue weighted by Gasteiger charge is -2.28. The van der Waals surface area contributed by atoms with E-state index in [1.165, 1.54) is 4.90 Å². The molecule has 1 aromatic carbocycles. The number of hydrogen-bond donors (Lipinski definition) is 0. The summed E-state index contributed by atoms with van der Waals surface area (Å²) in [4.78, 5) is 27.5. The highest BCUT2D eigenvalue weighted by atomic mass is 16.2. The number of carbonyl (C=O) groups excluding carboxylic acids is 2. The minimum absolute atomic E-state index is 0.00301. The van der Waals surface area contributed by atoms with E-state index < -0.39 is 5.41 Å². The number of allylic oxidation sites excluding steroid dienone is 2. The van der Waals surface area contributed by atoms with Crippen molar-refractivity contribution in [2.24, 2.45) is 23.2 Å². The van der Waals surface area contributed by atoms with Crippen LogP contribution in [-0.2, 0) is 9.59 Å². The smallest absolute Gasteiger partial charge is 0.241 e. The van der Waals surface area contributed by atoms with Crippen LogP contribution in [0.4, 0.5) is 5.69 Å². The van der Waals surface area contributed by atoms with Gasteiger partial charge in [0.05, 0.1) is 17.0 Å². The highest BCUT2D eigenvalue weighted by Gasteiger charge is 2.67. The number of benzene rings is 1. The summed E-state index contributed by atoms with van der Waals surface area (Å²) in [6, 6.07) is 5.89. The van der Waals surface area contributed by atoms with Gasteiger partial charge < -0.3 is 0 Å². The average molecular weight is 281 g/mol. The largest absolute Gasteiger partial charge is 0.274 e. The molecule has 0 aromatic heterocycles. The van der Waals surface area contributed by atoms with E-state index in [0.29, 0.717) is 0 Å². The maximum atomic E-state index is 13.1. The van der Waals surface area contributed by atoms with E-state index in [1.54, 1.807) is 0 Å². The summed E-state index contributed by atoms with van der Waals surface area (Å²) < 4.78 is 0. The Morgan fingerprint density at radius 1 is 1.14 bits per heavy atom. The van der Waals surface area contributed by atoms with Gasteiger partial charge in [-0.25, -0.2) is 4.90 Å². The quantitative estimate of drug-likeness (QED) is 0.586. The number of imide groups is 1. The number of para-hydroxylation sites is 1. The van der Waals surface area contributed by atoms with Crippen molar-refractivity contribution >= 4 is 17.5 Å². The number of aryl methyl sites for hydroxylation is 2. The molecule has 0 unspecified atom stereocenters. The summed E-state index contributed by atoms with van der Waals surface area (Å²) in [5.41, 5.74) is 2.23. The molecule has 2 aliphatic carbocycles. The van der Waals surface area contributed by atoms with Crippen LogP contribution in [0.2, 0.25) is 0 Å². The van der Waals surface area contributed by atoms with E-state index in [9.17, 15) is 9.59 Å². The SMILES string of the molecule is Cc1cccc(C)c1N1C(=O)[C@@H]2[C@H]3C=C[C@@H](C3)[C@]2(C)C1=O. The van der Waals surface area contributed by atoms with Crippen molar-refractivity contribution in [3.05, 3.63) is 41.5 Å². The lowest BCUT2D eigenvalue weighted by Crippen LogP contribution is -2.38. The number of nitrogens with zero attached hydrogens (tertiary/aromatic N) is 1. The number of carbonyl (C=O) groups is 2. The van der Waals surface area contributed by atoms with Crippen LogP contribution in [-0.4, -0.2) is 11.8 Å². The van der Waals surface area contributed by atoms with Gasteiger partial charge in [0.1, 0.15) is 0 Å². The van der Waals surface area contributed by atoms with Crippen LogP contribution in [0.3, 0.4) is 0 Å². The molecule has 1 heterocycles. The van der Waals surface area contributed by atoms with E-state index in [4.69, 9.17) is 0 Å². The third kappa shape index (κ3) is 1.34. The van der Waals surface area contributed by atoms with Crippen LogP contribution < -0.4 is 4.90 Å². The third-order valence-corrected chi connectivity index (χ3v) is 5.77. The Kier molecular flexibility index (Phi) is 2.35. The average Bonchev–Trinajstić information content (AvgIpc) is 3.06. The standard InChI is InChI=1S/C18H19NO2/c1-10-5-4-6-11(2)15(10)19-16(20)14-12-7-8-13(9-12)18(14,3)17(19)21/h4-8,12-14H,9H2,1-3H3/t12-,13-,14-,18-/m0/s1. The van der Waals surface area contributed by atoms with Crippen molar-refractivity contribution in [3.63, 3.8) is 0 Å². The predicted octanol–water partition coefficient (Wildman–Crippen LogP) is 3.01. The van der Waals surface area contributed by atoms with Crippen molar-refractivity contribution in [2.45, 2.75) is 27.2 Å². The molecule has 21 heavy (non-hydrogen) atoms. The van der Waals surface area contributed by atoms with Gasteiger partial charge in [-0.15, -0.1) is 0 Å². The van der Waals surface area contributed by atoms with E-state index in [1.807, 2.05) is 39.0 Å². The summed E-state index contributed by atoms with van der Waals surface area (Å²) >= 11 is 0. The summed E-state index contributed by atoms with van der Waals surface area (Å²) in [6.45, 7) is 5.91. The third-order valence-electron chi connectivity index (χ3n) is 5.77. The minimum Gasteiger partial charge on any atom is -0.274 e. The molecule has 4 atom stereocenters. The van der Waals surface area contributed by atoms with E-state index >= 15 is 0 Å². The Labute approximate surface area is 124 Å². The molecule has 3 heteroatoms. The second kappa shape index (κ2) is 3.85. The molecule has 2 bridgehead atoms. The lowest BCUT2D eigenvalue weighted by atomic mass is 9.71. The summed E-state index contributed by atoms with van der Waals surface area (Å²) in [5, 5.41) is 0. The Balaban J connectivity index is 1.87. The highest BCUT2D eigenvalue weighted by molar-refractivity contribution is 6.25. The molecule has 1 saturated carbocycles. The maximum Gasteiger partial charge on any atom is 0.241 e. The van der Waals surface area contributed by atoms with E-state index in [0.717, 1.165) is 23.2 Å². The predicted molar refractivity (Wildman–Crippen MR) is 80.7 cm³/mol. The van der Waals surface area contributed by atoms with Gasteiger partial charge in [-0.3, -0.25) is 9.59 Å². The number of anilines is 1. The molecule has 0 radical (unpaired) electrons. The topological polar surface area (TPSA) is 37.4 Å². The molecule has 0 N–H and O–H groups in total. The highest BCUT2D eigenvalue weighted by Crippen LogP contribution is 2.61. The van der Waals surface area contributed by atoms with Crippen molar-refractivity contribution in [1.82, 2.24) is 0 Å². The Bertz CT molecular complexity index is 685. The van der Waals surface area contributed by atoms with Crippen LogP contribution in [0.5, 0.6) is 0 Å². The van der Waals surface area contributed by atoms with E-state index in [-0.39, 0.29) is 29.6 Å². The molecule has 3 nitrogen and oxygen atoms in total. The second-order valence-corrected chi connectivity index (χ2v) is 6.87. The summed E-state index contributed by atoms with van der Waals surface area (Å²) in [6.07, 6.45) is 5.23. The minimum atomic E-state index is -0.536. The van der Waals surface area contributed by atoms with Crippen LogP contribution in [0, 0.1) is 37.0 Å². The first-order valence-electron chi connectivity index (χ1n) is 7.59. The van der Waals surface area contributed by atoms with Crippen molar-refractivity contribution in [1.29, 1.82) is 0 Å². The van der Waals surface area contributed by atoms with Gasteiger partial charge >= 0.3 is 0 Å². The molecule has 0 spiro atoms.